The molecule has 5 rings (SSSR count). The van der Waals surface area contributed by atoms with Crippen molar-refractivity contribution in [2.45, 2.75) is 6.42 Å². The molecule has 0 aliphatic carbocycles. The molecule has 47 heavy (non-hydrogen) atoms. The second-order valence-corrected chi connectivity index (χ2v) is 10.7. The summed E-state index contributed by atoms with van der Waals surface area (Å²) >= 11 is 0. The van der Waals surface area contributed by atoms with Crippen LogP contribution in [-0.2, 0) is 16.0 Å². The van der Waals surface area contributed by atoms with Crippen LogP contribution in [0.2, 0.25) is 0 Å². The standard InChI is InChI=1S/C40H29N3O4/c41-26-33(39(44)45)23-28-11-17-35(18-12-28)43(36-19-13-29(14-20-36)24-34(27-42)40(46)47)37-21-15-30(16-22-37)25-38(31-7-3-1-4-8-31)32-9-5-2-6-10-32/h1-23,25,34H,24H2,(H,44,45)(H,46,47)/b33-23+. The van der Waals surface area contributed by atoms with Crippen molar-refractivity contribution in [3.8, 4) is 12.1 Å². The second kappa shape index (κ2) is 14.9. The number of aliphatic carboxylic acids is 2. The predicted octanol–water partition coefficient (Wildman–Crippen LogP) is 8.50. The summed E-state index contributed by atoms with van der Waals surface area (Å²) in [6, 6.07) is 46.5. The van der Waals surface area contributed by atoms with E-state index in [-0.39, 0.29) is 12.0 Å². The molecule has 7 heteroatoms. The van der Waals surface area contributed by atoms with E-state index < -0.39 is 17.9 Å². The van der Waals surface area contributed by atoms with E-state index in [4.69, 9.17) is 5.26 Å². The maximum absolute atomic E-state index is 11.4. The van der Waals surface area contributed by atoms with Gasteiger partial charge in [0.1, 0.15) is 17.6 Å². The SMILES string of the molecule is N#C/C(=C\c1ccc(N(c2ccc(C=C(c3ccccc3)c3ccccc3)cc2)c2ccc(CC(C#N)C(=O)O)cc2)cc1)C(=O)O. The van der Waals surface area contributed by atoms with Gasteiger partial charge in [-0.05, 0) is 88.4 Å². The van der Waals surface area contributed by atoms with E-state index in [1.165, 1.54) is 6.08 Å². The van der Waals surface area contributed by atoms with Crippen LogP contribution in [0.1, 0.15) is 27.8 Å². The minimum atomic E-state index is -1.29. The van der Waals surface area contributed by atoms with Crippen molar-refractivity contribution in [3.63, 3.8) is 0 Å². The smallest absolute Gasteiger partial charge is 0.346 e. The molecular formula is C40H29N3O4. The molecule has 0 spiro atoms. The third-order valence-electron chi connectivity index (χ3n) is 7.53. The summed E-state index contributed by atoms with van der Waals surface area (Å²) in [5, 5.41) is 37.0. The topological polar surface area (TPSA) is 125 Å². The van der Waals surface area contributed by atoms with Gasteiger partial charge in [0.05, 0.1) is 6.07 Å². The van der Waals surface area contributed by atoms with E-state index in [2.05, 4.69) is 30.3 Å². The Kier molecular flexibility index (Phi) is 10.0. The van der Waals surface area contributed by atoms with E-state index in [0.29, 0.717) is 5.56 Å². The average Bonchev–Trinajstić information content (AvgIpc) is 3.11. The number of carboxylic acid groups (broad SMARTS) is 2. The molecule has 5 aromatic carbocycles. The van der Waals surface area contributed by atoms with E-state index in [1.807, 2.05) is 108 Å². The molecule has 0 aliphatic rings. The van der Waals surface area contributed by atoms with Gasteiger partial charge < -0.3 is 15.1 Å². The highest BCUT2D eigenvalue weighted by atomic mass is 16.4. The predicted molar refractivity (Wildman–Crippen MR) is 183 cm³/mol. The van der Waals surface area contributed by atoms with Crippen molar-refractivity contribution in [2.24, 2.45) is 5.92 Å². The third kappa shape index (κ3) is 7.88. The normalized spacial score (nSPS) is 11.4. The van der Waals surface area contributed by atoms with Gasteiger partial charge in [0.2, 0.25) is 0 Å². The molecule has 0 heterocycles. The van der Waals surface area contributed by atoms with Crippen LogP contribution in [0.5, 0.6) is 0 Å². The Balaban J connectivity index is 1.53. The Morgan fingerprint density at radius 3 is 1.49 bits per heavy atom. The zero-order chi connectivity index (χ0) is 33.2. The number of nitriles is 2. The highest BCUT2D eigenvalue weighted by Gasteiger charge is 2.18. The van der Waals surface area contributed by atoms with Crippen molar-refractivity contribution >= 4 is 46.7 Å². The van der Waals surface area contributed by atoms with Crippen molar-refractivity contribution in [3.05, 3.63) is 167 Å². The number of carboxylic acids is 2. The first-order valence-electron chi connectivity index (χ1n) is 14.8. The first-order valence-corrected chi connectivity index (χ1v) is 14.8. The molecule has 7 nitrogen and oxygen atoms in total. The van der Waals surface area contributed by atoms with Crippen LogP contribution in [0.25, 0.3) is 17.7 Å². The van der Waals surface area contributed by atoms with Crippen molar-refractivity contribution in [2.75, 3.05) is 4.90 Å². The number of nitrogens with zero attached hydrogens (tertiary/aromatic N) is 3. The molecule has 2 N–H and O–H groups in total. The van der Waals surface area contributed by atoms with Crippen LogP contribution in [0, 0.1) is 28.6 Å². The lowest BCUT2D eigenvalue weighted by Gasteiger charge is -2.26. The van der Waals surface area contributed by atoms with Gasteiger partial charge in [-0.3, -0.25) is 4.79 Å². The largest absolute Gasteiger partial charge is 0.480 e. The van der Waals surface area contributed by atoms with Gasteiger partial charge in [-0.2, -0.15) is 10.5 Å². The lowest BCUT2D eigenvalue weighted by molar-refractivity contribution is -0.139. The summed E-state index contributed by atoms with van der Waals surface area (Å²) < 4.78 is 0. The molecule has 1 unspecified atom stereocenters. The van der Waals surface area contributed by atoms with Crippen LogP contribution in [0.3, 0.4) is 0 Å². The van der Waals surface area contributed by atoms with Crippen LogP contribution in [-0.4, -0.2) is 22.2 Å². The quantitative estimate of drug-likeness (QED) is 0.0867. The fraction of sp³-hybridized carbons (Fsp3) is 0.0500. The first kappa shape index (κ1) is 31.7. The van der Waals surface area contributed by atoms with Gasteiger partial charge in [0.15, 0.2) is 0 Å². The summed E-state index contributed by atoms with van der Waals surface area (Å²) in [5.41, 5.74) is 7.63. The molecule has 0 saturated heterocycles. The molecule has 0 fully saturated rings. The Labute approximate surface area is 272 Å². The summed E-state index contributed by atoms with van der Waals surface area (Å²) in [7, 11) is 0. The number of anilines is 3. The monoisotopic (exact) mass is 615 g/mol. The lowest BCUT2D eigenvalue weighted by Crippen LogP contribution is -2.14. The summed E-state index contributed by atoms with van der Waals surface area (Å²) in [6.07, 6.45) is 3.56. The zero-order valence-corrected chi connectivity index (χ0v) is 25.2. The van der Waals surface area contributed by atoms with Gasteiger partial charge in [-0.25, -0.2) is 4.79 Å². The summed E-state index contributed by atoms with van der Waals surface area (Å²) in [5.74, 6) is -3.60. The van der Waals surface area contributed by atoms with Gasteiger partial charge in [0, 0.05) is 17.1 Å². The number of carbonyl (C=O) groups is 2. The molecule has 0 aliphatic heterocycles. The minimum absolute atomic E-state index is 0.0874. The van der Waals surface area contributed by atoms with E-state index in [9.17, 15) is 25.1 Å². The van der Waals surface area contributed by atoms with E-state index in [0.717, 1.165) is 44.9 Å². The Hall–Kier alpha value is -6.70. The Morgan fingerprint density at radius 1 is 0.638 bits per heavy atom. The first-order chi connectivity index (χ1) is 22.9. The highest BCUT2D eigenvalue weighted by molar-refractivity contribution is 5.96. The maximum atomic E-state index is 11.4. The third-order valence-corrected chi connectivity index (χ3v) is 7.53. The highest BCUT2D eigenvalue weighted by Crippen LogP contribution is 2.36. The molecule has 0 radical (unpaired) electrons. The second-order valence-electron chi connectivity index (χ2n) is 10.7. The lowest BCUT2D eigenvalue weighted by atomic mass is 9.95. The fourth-order valence-corrected chi connectivity index (χ4v) is 5.14. The van der Waals surface area contributed by atoms with Crippen LogP contribution in [0.4, 0.5) is 17.1 Å². The molecule has 0 amide bonds. The molecule has 1 atom stereocenters. The Morgan fingerprint density at radius 2 is 1.09 bits per heavy atom. The minimum Gasteiger partial charge on any atom is -0.480 e. The average molecular weight is 616 g/mol. The molecular weight excluding hydrogens is 586 g/mol. The van der Waals surface area contributed by atoms with Crippen molar-refractivity contribution in [1.29, 1.82) is 10.5 Å². The number of rotatable bonds is 11. The van der Waals surface area contributed by atoms with Crippen LogP contribution >= 0.6 is 0 Å². The Bertz CT molecular complexity index is 1960. The fourth-order valence-electron chi connectivity index (χ4n) is 5.14. The maximum Gasteiger partial charge on any atom is 0.346 e. The van der Waals surface area contributed by atoms with Crippen molar-refractivity contribution in [1.82, 2.24) is 0 Å². The van der Waals surface area contributed by atoms with Crippen molar-refractivity contribution < 1.29 is 19.8 Å². The van der Waals surface area contributed by atoms with Gasteiger partial charge in [0.25, 0.3) is 0 Å². The number of hydrogen-bond donors (Lipinski definition) is 2. The number of hydrogen-bond acceptors (Lipinski definition) is 5. The summed E-state index contributed by atoms with van der Waals surface area (Å²) in [4.78, 5) is 24.7. The summed E-state index contributed by atoms with van der Waals surface area (Å²) in [6.45, 7) is 0. The van der Waals surface area contributed by atoms with E-state index >= 15 is 0 Å². The molecule has 5 aromatic rings. The molecule has 228 valence electrons. The molecule has 0 saturated carbocycles. The van der Waals surface area contributed by atoms with E-state index in [1.54, 1.807) is 18.2 Å². The van der Waals surface area contributed by atoms with Gasteiger partial charge in [-0.15, -0.1) is 0 Å². The number of benzene rings is 5. The molecule has 0 aromatic heterocycles. The zero-order valence-electron chi connectivity index (χ0n) is 25.2. The molecule has 0 bridgehead atoms. The van der Waals surface area contributed by atoms with Crippen LogP contribution < -0.4 is 4.90 Å². The van der Waals surface area contributed by atoms with Gasteiger partial charge >= 0.3 is 11.9 Å². The van der Waals surface area contributed by atoms with Gasteiger partial charge in [-0.1, -0.05) is 97.1 Å². The van der Waals surface area contributed by atoms with Crippen LogP contribution in [0.15, 0.2) is 139 Å².